The molecule has 0 atom stereocenters. The van der Waals surface area contributed by atoms with Crippen molar-refractivity contribution in [2.24, 2.45) is 0 Å². The zero-order valence-corrected chi connectivity index (χ0v) is 12.3. The normalized spacial score (nSPS) is 14.9. The Hall–Kier alpha value is -2.41. The molecule has 3 rings (SSSR count). The molecule has 0 aliphatic carbocycles. The van der Waals surface area contributed by atoms with Crippen molar-refractivity contribution in [1.29, 1.82) is 0 Å². The summed E-state index contributed by atoms with van der Waals surface area (Å²) in [5.41, 5.74) is 0.812. The van der Waals surface area contributed by atoms with Crippen LogP contribution in [0.5, 0.6) is 5.75 Å². The van der Waals surface area contributed by atoms with Crippen molar-refractivity contribution in [3.63, 3.8) is 0 Å². The number of amides is 1. The molecular formula is C15H17N3O4. The molecule has 7 nitrogen and oxygen atoms in total. The Morgan fingerprint density at radius 2 is 1.95 bits per heavy atom. The fraction of sp³-hybridized carbons (Fsp3) is 0.400. The Balaban J connectivity index is 1.56. The Kier molecular flexibility index (Phi) is 4.34. The Morgan fingerprint density at radius 3 is 2.59 bits per heavy atom. The van der Waals surface area contributed by atoms with Gasteiger partial charge in [0.15, 0.2) is 6.61 Å². The first-order valence-corrected chi connectivity index (χ1v) is 7.11. The van der Waals surface area contributed by atoms with Crippen LogP contribution in [0.25, 0.3) is 11.5 Å². The third-order valence-corrected chi connectivity index (χ3v) is 3.35. The first-order chi connectivity index (χ1) is 10.7. The van der Waals surface area contributed by atoms with Crippen LogP contribution in [-0.4, -0.2) is 53.9 Å². The maximum absolute atomic E-state index is 12.0. The van der Waals surface area contributed by atoms with Gasteiger partial charge in [0.2, 0.25) is 11.8 Å². The molecule has 1 aliphatic rings. The van der Waals surface area contributed by atoms with E-state index in [9.17, 15) is 4.79 Å². The standard InChI is InChI=1S/C15H17N3O4/c1-11-16-17-15(22-11)12-2-4-13(5-3-12)21-10-14(19)18-6-8-20-9-7-18/h2-5H,6-10H2,1H3. The number of aromatic nitrogens is 2. The highest BCUT2D eigenvalue weighted by molar-refractivity contribution is 5.77. The number of ether oxygens (including phenoxy) is 2. The average molecular weight is 303 g/mol. The summed E-state index contributed by atoms with van der Waals surface area (Å²) in [4.78, 5) is 13.7. The van der Waals surface area contributed by atoms with E-state index in [4.69, 9.17) is 13.9 Å². The molecule has 0 N–H and O–H groups in total. The van der Waals surface area contributed by atoms with Crippen LogP contribution in [0, 0.1) is 6.92 Å². The lowest BCUT2D eigenvalue weighted by Crippen LogP contribution is -2.42. The summed E-state index contributed by atoms with van der Waals surface area (Å²) in [6, 6.07) is 7.20. The number of hydrogen-bond donors (Lipinski definition) is 0. The summed E-state index contributed by atoms with van der Waals surface area (Å²) < 4.78 is 16.1. The van der Waals surface area contributed by atoms with Crippen molar-refractivity contribution >= 4 is 5.91 Å². The van der Waals surface area contributed by atoms with Gasteiger partial charge in [0.05, 0.1) is 13.2 Å². The summed E-state index contributed by atoms with van der Waals surface area (Å²) in [5.74, 6) is 1.58. The third-order valence-electron chi connectivity index (χ3n) is 3.35. The van der Waals surface area contributed by atoms with Crippen LogP contribution in [0.2, 0.25) is 0 Å². The van der Waals surface area contributed by atoms with Crippen LogP contribution < -0.4 is 4.74 Å². The van der Waals surface area contributed by atoms with Crippen molar-refractivity contribution < 1.29 is 18.7 Å². The minimum absolute atomic E-state index is 0.0268. The second-order valence-corrected chi connectivity index (χ2v) is 4.93. The lowest BCUT2D eigenvalue weighted by molar-refractivity contribution is -0.137. The largest absolute Gasteiger partial charge is 0.484 e. The number of carbonyl (C=O) groups excluding carboxylic acids is 1. The molecule has 0 radical (unpaired) electrons. The summed E-state index contributed by atoms with van der Waals surface area (Å²) in [6.07, 6.45) is 0. The van der Waals surface area contributed by atoms with Crippen LogP contribution in [0.4, 0.5) is 0 Å². The van der Waals surface area contributed by atoms with Gasteiger partial charge in [-0.2, -0.15) is 0 Å². The second-order valence-electron chi connectivity index (χ2n) is 4.93. The first-order valence-electron chi connectivity index (χ1n) is 7.11. The summed E-state index contributed by atoms with van der Waals surface area (Å²) in [5, 5.41) is 7.74. The monoisotopic (exact) mass is 303 g/mol. The van der Waals surface area contributed by atoms with E-state index in [1.807, 2.05) is 12.1 Å². The van der Waals surface area contributed by atoms with Gasteiger partial charge >= 0.3 is 0 Å². The molecule has 22 heavy (non-hydrogen) atoms. The zero-order chi connectivity index (χ0) is 15.4. The number of nitrogens with zero attached hydrogens (tertiary/aromatic N) is 3. The van der Waals surface area contributed by atoms with Crippen molar-refractivity contribution in [3.8, 4) is 17.2 Å². The maximum atomic E-state index is 12.0. The third kappa shape index (κ3) is 3.43. The Bertz CT molecular complexity index is 632. The fourth-order valence-corrected chi connectivity index (χ4v) is 2.16. The Labute approximate surface area is 127 Å². The Morgan fingerprint density at radius 1 is 1.23 bits per heavy atom. The van der Waals surface area contributed by atoms with E-state index in [0.717, 1.165) is 5.56 Å². The van der Waals surface area contributed by atoms with E-state index < -0.39 is 0 Å². The van der Waals surface area contributed by atoms with E-state index >= 15 is 0 Å². The molecule has 1 saturated heterocycles. The van der Waals surface area contributed by atoms with Gasteiger partial charge in [0.1, 0.15) is 5.75 Å². The van der Waals surface area contributed by atoms with Gasteiger partial charge in [0.25, 0.3) is 5.91 Å². The van der Waals surface area contributed by atoms with Crippen molar-refractivity contribution in [2.75, 3.05) is 32.9 Å². The van der Waals surface area contributed by atoms with Crippen LogP contribution in [0.1, 0.15) is 5.89 Å². The molecular weight excluding hydrogens is 286 g/mol. The fourth-order valence-electron chi connectivity index (χ4n) is 2.16. The second kappa shape index (κ2) is 6.57. The van der Waals surface area contributed by atoms with E-state index in [-0.39, 0.29) is 12.5 Å². The molecule has 1 aromatic carbocycles. The molecule has 7 heteroatoms. The number of morpholine rings is 1. The molecule has 116 valence electrons. The number of aryl methyl sites for hydroxylation is 1. The molecule has 1 aromatic heterocycles. The van der Waals surface area contributed by atoms with Crippen molar-refractivity contribution in [1.82, 2.24) is 15.1 Å². The van der Waals surface area contributed by atoms with Gasteiger partial charge in [-0.1, -0.05) is 0 Å². The van der Waals surface area contributed by atoms with E-state index in [1.165, 1.54) is 0 Å². The summed E-state index contributed by atoms with van der Waals surface area (Å²) >= 11 is 0. The smallest absolute Gasteiger partial charge is 0.260 e. The molecule has 2 heterocycles. The predicted molar refractivity (Wildman–Crippen MR) is 77.4 cm³/mol. The van der Waals surface area contributed by atoms with Crippen LogP contribution in [-0.2, 0) is 9.53 Å². The summed E-state index contributed by atoms with van der Waals surface area (Å²) in [6.45, 7) is 4.19. The molecule has 1 aliphatic heterocycles. The number of hydrogen-bond acceptors (Lipinski definition) is 6. The van der Waals surface area contributed by atoms with Gasteiger partial charge < -0.3 is 18.8 Å². The zero-order valence-electron chi connectivity index (χ0n) is 12.3. The van der Waals surface area contributed by atoms with Crippen molar-refractivity contribution in [3.05, 3.63) is 30.2 Å². The van der Waals surface area contributed by atoms with E-state index in [2.05, 4.69) is 10.2 Å². The topological polar surface area (TPSA) is 77.7 Å². The first kappa shape index (κ1) is 14.5. The van der Waals surface area contributed by atoms with E-state index in [0.29, 0.717) is 43.8 Å². The highest BCUT2D eigenvalue weighted by Crippen LogP contribution is 2.21. The number of carbonyl (C=O) groups is 1. The quantitative estimate of drug-likeness (QED) is 0.847. The van der Waals surface area contributed by atoms with Crippen LogP contribution in [0.15, 0.2) is 28.7 Å². The minimum atomic E-state index is -0.0279. The molecule has 0 spiro atoms. The van der Waals surface area contributed by atoms with Gasteiger partial charge in [0, 0.05) is 25.6 Å². The predicted octanol–water partition coefficient (Wildman–Crippen LogP) is 1.28. The average Bonchev–Trinajstić information content (AvgIpc) is 3.00. The lowest BCUT2D eigenvalue weighted by atomic mass is 10.2. The molecule has 0 saturated carbocycles. The van der Waals surface area contributed by atoms with Gasteiger partial charge in [-0.05, 0) is 24.3 Å². The maximum Gasteiger partial charge on any atom is 0.260 e. The SMILES string of the molecule is Cc1nnc(-c2ccc(OCC(=O)N3CCOCC3)cc2)o1. The number of rotatable bonds is 4. The molecule has 2 aromatic rings. The van der Waals surface area contributed by atoms with Crippen molar-refractivity contribution in [2.45, 2.75) is 6.92 Å². The van der Waals surface area contributed by atoms with E-state index in [1.54, 1.807) is 24.0 Å². The van der Waals surface area contributed by atoms with Crippen LogP contribution >= 0.6 is 0 Å². The van der Waals surface area contributed by atoms with Gasteiger partial charge in [-0.15, -0.1) is 10.2 Å². The van der Waals surface area contributed by atoms with Crippen LogP contribution in [0.3, 0.4) is 0 Å². The van der Waals surface area contributed by atoms with Gasteiger partial charge in [-0.3, -0.25) is 4.79 Å². The summed E-state index contributed by atoms with van der Waals surface area (Å²) in [7, 11) is 0. The molecule has 0 unspecified atom stereocenters. The molecule has 1 fully saturated rings. The van der Waals surface area contributed by atoms with Gasteiger partial charge in [-0.25, -0.2) is 0 Å². The minimum Gasteiger partial charge on any atom is -0.484 e. The lowest BCUT2D eigenvalue weighted by Gasteiger charge is -2.26. The highest BCUT2D eigenvalue weighted by Gasteiger charge is 2.17. The highest BCUT2D eigenvalue weighted by atomic mass is 16.5. The molecule has 0 bridgehead atoms. The molecule has 1 amide bonds. The number of benzene rings is 1.